The van der Waals surface area contributed by atoms with Gasteiger partial charge in [-0.1, -0.05) is 0 Å². The molecule has 0 spiro atoms. The number of hydrogen-bond acceptors (Lipinski definition) is 5. The molecule has 1 heterocycles. The molecule has 0 atom stereocenters. The summed E-state index contributed by atoms with van der Waals surface area (Å²) in [4.78, 5) is 25.4. The summed E-state index contributed by atoms with van der Waals surface area (Å²) in [5.74, 6) is -1.27. The predicted molar refractivity (Wildman–Crippen MR) is 65.1 cm³/mol. The lowest BCUT2D eigenvalue weighted by Crippen LogP contribution is -2.16. The number of nitrogens with two attached hydrogens (primary N) is 1. The van der Waals surface area contributed by atoms with Crippen LogP contribution in [-0.4, -0.2) is 29.7 Å². The topological polar surface area (TPSA) is 82.3 Å². The number of rotatable bonds is 5. The average molecular weight is 308 g/mol. The molecule has 5 nitrogen and oxygen atoms in total. The molecule has 1 aromatic rings. The van der Waals surface area contributed by atoms with Crippen molar-refractivity contribution in [2.45, 2.75) is 17.6 Å². The minimum Gasteiger partial charge on any atom is -0.469 e. The summed E-state index contributed by atoms with van der Waals surface area (Å²) in [6.07, 6.45) is -4.63. The fraction of sp³-hybridized carbons (Fsp3) is 0.364. The molecule has 0 aliphatic carbocycles. The number of ether oxygens (including phenoxy) is 1. The molecule has 1 amide bonds. The van der Waals surface area contributed by atoms with Gasteiger partial charge in [-0.2, -0.15) is 13.2 Å². The molecule has 2 N–H and O–H groups in total. The highest BCUT2D eigenvalue weighted by molar-refractivity contribution is 7.99. The Hall–Kier alpha value is -1.77. The number of esters is 1. The van der Waals surface area contributed by atoms with E-state index in [1.54, 1.807) is 0 Å². The van der Waals surface area contributed by atoms with Gasteiger partial charge < -0.3 is 10.5 Å². The van der Waals surface area contributed by atoms with Crippen LogP contribution in [0.3, 0.4) is 0 Å². The Bertz CT molecular complexity index is 520. The van der Waals surface area contributed by atoms with Gasteiger partial charge in [0.15, 0.2) is 0 Å². The van der Waals surface area contributed by atoms with Crippen LogP contribution in [0.15, 0.2) is 17.2 Å². The second-order valence-corrected chi connectivity index (χ2v) is 4.67. The Morgan fingerprint density at radius 3 is 2.55 bits per heavy atom. The zero-order chi connectivity index (χ0) is 15.3. The molecule has 0 aromatic carbocycles. The van der Waals surface area contributed by atoms with E-state index in [1.165, 1.54) is 7.11 Å². The van der Waals surface area contributed by atoms with Crippen LogP contribution in [0, 0.1) is 0 Å². The summed E-state index contributed by atoms with van der Waals surface area (Å²) < 4.78 is 42.0. The van der Waals surface area contributed by atoms with Gasteiger partial charge in [0.1, 0.15) is 10.7 Å². The Balaban J connectivity index is 2.95. The van der Waals surface area contributed by atoms with Gasteiger partial charge in [-0.25, -0.2) is 4.98 Å². The molecule has 1 rings (SSSR count). The molecule has 0 bridgehead atoms. The van der Waals surface area contributed by atoms with Gasteiger partial charge in [0.2, 0.25) is 0 Å². The molecule has 0 fully saturated rings. The molecule has 0 saturated carbocycles. The van der Waals surface area contributed by atoms with E-state index in [0.717, 1.165) is 17.8 Å². The van der Waals surface area contributed by atoms with E-state index in [-0.39, 0.29) is 22.8 Å². The number of nitrogens with zero attached hydrogens (tertiary/aromatic N) is 1. The molecule has 0 saturated heterocycles. The third kappa shape index (κ3) is 4.41. The lowest BCUT2D eigenvalue weighted by atomic mass is 10.2. The molecule has 0 radical (unpaired) electrons. The summed E-state index contributed by atoms with van der Waals surface area (Å²) in [6.45, 7) is 0. The van der Waals surface area contributed by atoms with E-state index in [1.807, 2.05) is 0 Å². The van der Waals surface area contributed by atoms with Gasteiger partial charge >= 0.3 is 12.1 Å². The molecule has 110 valence electrons. The fourth-order valence-corrected chi connectivity index (χ4v) is 2.18. The van der Waals surface area contributed by atoms with Gasteiger partial charge in [0.25, 0.3) is 5.91 Å². The largest absolute Gasteiger partial charge is 0.469 e. The third-order valence-corrected chi connectivity index (χ3v) is 3.18. The van der Waals surface area contributed by atoms with Gasteiger partial charge in [-0.15, -0.1) is 11.8 Å². The van der Waals surface area contributed by atoms with E-state index < -0.39 is 23.7 Å². The summed E-state index contributed by atoms with van der Waals surface area (Å²) in [7, 11) is 1.20. The first-order chi connectivity index (χ1) is 9.25. The quantitative estimate of drug-likeness (QED) is 0.663. The second-order valence-electron chi connectivity index (χ2n) is 3.59. The highest BCUT2D eigenvalue weighted by atomic mass is 32.2. The number of alkyl halides is 3. The van der Waals surface area contributed by atoms with E-state index in [9.17, 15) is 22.8 Å². The van der Waals surface area contributed by atoms with Crippen molar-refractivity contribution in [2.75, 3.05) is 12.9 Å². The third-order valence-electron chi connectivity index (χ3n) is 2.19. The van der Waals surface area contributed by atoms with Gasteiger partial charge in [0, 0.05) is 5.75 Å². The molecular weight excluding hydrogens is 297 g/mol. The zero-order valence-corrected chi connectivity index (χ0v) is 11.2. The van der Waals surface area contributed by atoms with Crippen molar-refractivity contribution in [3.8, 4) is 0 Å². The Labute approximate surface area is 116 Å². The second kappa shape index (κ2) is 6.60. The van der Waals surface area contributed by atoms with Gasteiger partial charge in [-0.05, 0) is 12.1 Å². The summed E-state index contributed by atoms with van der Waals surface area (Å²) >= 11 is 0.837. The number of pyridine rings is 1. The van der Waals surface area contributed by atoms with Crippen LogP contribution >= 0.6 is 11.8 Å². The fourth-order valence-electron chi connectivity index (χ4n) is 1.23. The van der Waals surface area contributed by atoms with Crippen LogP contribution in [0.25, 0.3) is 0 Å². The number of amides is 1. The van der Waals surface area contributed by atoms with Crippen molar-refractivity contribution in [3.05, 3.63) is 23.4 Å². The van der Waals surface area contributed by atoms with Crippen molar-refractivity contribution >= 4 is 23.6 Å². The lowest BCUT2D eigenvalue weighted by Gasteiger charge is -2.10. The first kappa shape index (κ1) is 16.3. The number of methoxy groups -OCH3 is 1. The molecule has 0 unspecified atom stereocenters. The monoisotopic (exact) mass is 308 g/mol. The standard InChI is InChI=1S/C11H11F3N2O3S/c1-19-8(17)4-5-20-10-6(9(15)18)2-3-7(16-10)11(12,13)14/h2-3H,4-5H2,1H3,(H2,15,18). The molecule has 20 heavy (non-hydrogen) atoms. The highest BCUT2D eigenvalue weighted by Gasteiger charge is 2.33. The van der Waals surface area contributed by atoms with Crippen molar-refractivity contribution in [1.29, 1.82) is 0 Å². The lowest BCUT2D eigenvalue weighted by molar-refractivity contribution is -0.142. The van der Waals surface area contributed by atoms with Crippen LogP contribution in [0.5, 0.6) is 0 Å². The maximum absolute atomic E-state index is 12.5. The van der Waals surface area contributed by atoms with E-state index in [0.29, 0.717) is 6.07 Å². The van der Waals surface area contributed by atoms with Crippen molar-refractivity contribution in [1.82, 2.24) is 4.98 Å². The van der Waals surface area contributed by atoms with Crippen LogP contribution < -0.4 is 5.73 Å². The molecule has 1 aromatic heterocycles. The minimum absolute atomic E-state index is 0.0166. The summed E-state index contributed by atoms with van der Waals surface area (Å²) in [5, 5.41) is -0.156. The Morgan fingerprint density at radius 2 is 2.05 bits per heavy atom. The summed E-state index contributed by atoms with van der Waals surface area (Å²) in [6, 6.07) is 1.66. The van der Waals surface area contributed by atoms with Crippen LogP contribution in [0.2, 0.25) is 0 Å². The SMILES string of the molecule is COC(=O)CCSc1nc(C(F)(F)F)ccc1C(N)=O. The zero-order valence-electron chi connectivity index (χ0n) is 10.4. The average Bonchev–Trinajstić information content (AvgIpc) is 2.37. The van der Waals surface area contributed by atoms with Gasteiger partial charge in [-0.3, -0.25) is 9.59 Å². The van der Waals surface area contributed by atoms with Crippen LogP contribution in [0.4, 0.5) is 13.2 Å². The first-order valence-electron chi connectivity index (χ1n) is 5.33. The Morgan fingerprint density at radius 1 is 1.40 bits per heavy atom. The molecular formula is C11H11F3N2O3S. The predicted octanol–water partition coefficient (Wildman–Crippen LogP) is 1.85. The van der Waals surface area contributed by atoms with E-state index in [4.69, 9.17) is 5.73 Å². The molecule has 0 aliphatic rings. The number of hydrogen-bond donors (Lipinski definition) is 1. The number of carbonyl (C=O) groups excluding carboxylic acids is 2. The molecule has 0 aliphatic heterocycles. The first-order valence-corrected chi connectivity index (χ1v) is 6.32. The van der Waals surface area contributed by atoms with Crippen molar-refractivity contribution in [3.63, 3.8) is 0 Å². The molecule has 9 heteroatoms. The summed E-state index contributed by atoms with van der Waals surface area (Å²) in [5.41, 5.74) is 3.83. The van der Waals surface area contributed by atoms with E-state index in [2.05, 4.69) is 9.72 Å². The number of thioether (sulfide) groups is 1. The maximum Gasteiger partial charge on any atom is 0.433 e. The number of carbonyl (C=O) groups is 2. The minimum atomic E-state index is -4.62. The normalized spacial score (nSPS) is 11.2. The Kier molecular flexibility index (Phi) is 5.37. The van der Waals surface area contributed by atoms with Crippen LogP contribution in [-0.2, 0) is 15.7 Å². The van der Waals surface area contributed by atoms with E-state index >= 15 is 0 Å². The number of aromatic nitrogens is 1. The maximum atomic E-state index is 12.5. The van der Waals surface area contributed by atoms with Gasteiger partial charge in [0.05, 0.1) is 19.1 Å². The number of halogens is 3. The van der Waals surface area contributed by atoms with Crippen molar-refractivity contribution < 1.29 is 27.5 Å². The highest BCUT2D eigenvalue weighted by Crippen LogP contribution is 2.31. The number of primary amides is 1. The van der Waals surface area contributed by atoms with Crippen LogP contribution in [0.1, 0.15) is 22.5 Å². The van der Waals surface area contributed by atoms with Crippen molar-refractivity contribution in [2.24, 2.45) is 5.73 Å². The smallest absolute Gasteiger partial charge is 0.433 e.